The number of ether oxygens (including phenoxy) is 3. The molecule has 0 spiro atoms. The molecule has 0 amide bonds. The van der Waals surface area contributed by atoms with E-state index in [1.165, 1.54) is 55.2 Å². The summed E-state index contributed by atoms with van der Waals surface area (Å²) in [5, 5.41) is 4.64. The third-order valence-electron chi connectivity index (χ3n) is 6.82. The normalized spacial score (nSPS) is 11.1. The lowest BCUT2D eigenvalue weighted by molar-refractivity contribution is 0.355. The van der Waals surface area contributed by atoms with Gasteiger partial charge in [-0.1, -0.05) is 0 Å². The van der Waals surface area contributed by atoms with Crippen molar-refractivity contribution in [2.75, 3.05) is 19.5 Å². The predicted molar refractivity (Wildman–Crippen MR) is 157 cm³/mol. The fraction of sp³-hybridized carbons (Fsp3) is 0.0938. The maximum atomic E-state index is 15.3. The number of nitrogens with one attached hydrogen (secondary N) is 1. The average Bonchev–Trinajstić information content (AvgIpc) is 2.98. The molecule has 10 heteroatoms. The molecular formula is C32H24F2N4O4. The number of anilines is 2. The van der Waals surface area contributed by atoms with Gasteiger partial charge in [0.2, 0.25) is 0 Å². The lowest BCUT2D eigenvalue weighted by atomic mass is 10.1. The number of pyridine rings is 3. The van der Waals surface area contributed by atoms with Gasteiger partial charge in [-0.15, -0.1) is 0 Å². The molecule has 42 heavy (non-hydrogen) atoms. The summed E-state index contributed by atoms with van der Waals surface area (Å²) in [7, 11) is 3.06. The van der Waals surface area contributed by atoms with Crippen molar-refractivity contribution in [3.8, 4) is 28.7 Å². The first-order valence-electron chi connectivity index (χ1n) is 12.9. The second-order valence-electron chi connectivity index (χ2n) is 9.43. The van der Waals surface area contributed by atoms with Crippen LogP contribution in [0.4, 0.5) is 20.3 Å². The molecule has 3 heterocycles. The molecule has 3 aromatic heterocycles. The lowest BCUT2D eigenvalue weighted by Crippen LogP contribution is -2.21. The van der Waals surface area contributed by atoms with Gasteiger partial charge in [0.05, 0.1) is 25.1 Å². The van der Waals surface area contributed by atoms with E-state index in [0.717, 1.165) is 0 Å². The maximum Gasteiger partial charge on any atom is 0.266 e. The Labute approximate surface area is 238 Å². The fourth-order valence-electron chi connectivity index (χ4n) is 4.84. The van der Waals surface area contributed by atoms with Gasteiger partial charge >= 0.3 is 0 Å². The summed E-state index contributed by atoms with van der Waals surface area (Å²) >= 11 is 0. The molecule has 0 aliphatic rings. The van der Waals surface area contributed by atoms with Crippen LogP contribution >= 0.6 is 0 Å². The van der Waals surface area contributed by atoms with Crippen LogP contribution in [0.1, 0.15) is 5.69 Å². The minimum Gasteiger partial charge on any atom is -0.493 e. The van der Waals surface area contributed by atoms with Crippen molar-refractivity contribution < 1.29 is 23.0 Å². The summed E-state index contributed by atoms with van der Waals surface area (Å²) < 4.78 is 47.0. The van der Waals surface area contributed by atoms with E-state index in [1.807, 2.05) is 6.07 Å². The highest BCUT2D eigenvalue weighted by molar-refractivity contribution is 5.93. The van der Waals surface area contributed by atoms with Crippen LogP contribution in [0.5, 0.6) is 23.0 Å². The van der Waals surface area contributed by atoms with Gasteiger partial charge in [-0.05, 0) is 73.0 Å². The standard InChI is InChI=1S/C32H24F2N4O4/c1-18-14-19-10-12-36-31(30(19)32(39)38(18)22-7-4-20(33)5-8-22)37-21-6-9-27(24(34)15-21)42-26-11-13-35-25-17-29(41-3)28(40-2)16-23(25)26/h4-17H,1-3H3,(H,36,37). The summed E-state index contributed by atoms with van der Waals surface area (Å²) in [5.41, 5.74) is 1.79. The van der Waals surface area contributed by atoms with Crippen LogP contribution in [-0.4, -0.2) is 28.8 Å². The fourth-order valence-corrected chi connectivity index (χ4v) is 4.84. The molecule has 0 unspecified atom stereocenters. The molecule has 0 saturated heterocycles. The summed E-state index contributed by atoms with van der Waals surface area (Å²) in [6.07, 6.45) is 3.13. The van der Waals surface area contributed by atoms with Gasteiger partial charge in [0.1, 0.15) is 17.4 Å². The van der Waals surface area contributed by atoms with Crippen LogP contribution in [0, 0.1) is 18.6 Å². The number of rotatable bonds is 7. The Kier molecular flexibility index (Phi) is 6.87. The van der Waals surface area contributed by atoms with Crippen LogP contribution < -0.4 is 25.1 Å². The summed E-state index contributed by atoms with van der Waals surface area (Å²) in [4.78, 5) is 22.3. The molecule has 0 radical (unpaired) electrons. The minimum atomic E-state index is -0.634. The van der Waals surface area contributed by atoms with E-state index in [0.29, 0.717) is 56.0 Å². The van der Waals surface area contributed by atoms with E-state index in [2.05, 4.69) is 15.3 Å². The molecule has 0 atom stereocenters. The molecule has 0 saturated carbocycles. The Morgan fingerprint density at radius 1 is 0.786 bits per heavy atom. The Balaban J connectivity index is 1.34. The number of hydrogen-bond donors (Lipinski definition) is 1. The molecule has 210 valence electrons. The molecule has 0 aliphatic heterocycles. The molecule has 3 aromatic carbocycles. The van der Waals surface area contributed by atoms with Gasteiger partial charge in [0.15, 0.2) is 23.1 Å². The highest BCUT2D eigenvalue weighted by atomic mass is 19.1. The van der Waals surface area contributed by atoms with E-state index in [1.54, 1.807) is 49.6 Å². The van der Waals surface area contributed by atoms with Crippen molar-refractivity contribution in [1.29, 1.82) is 0 Å². The summed E-state index contributed by atoms with van der Waals surface area (Å²) in [6.45, 7) is 1.80. The second kappa shape index (κ2) is 10.8. The number of aryl methyl sites for hydroxylation is 1. The van der Waals surface area contributed by atoms with E-state index >= 15 is 4.39 Å². The third kappa shape index (κ3) is 4.83. The first kappa shape index (κ1) is 26.7. The molecule has 0 fully saturated rings. The first-order valence-corrected chi connectivity index (χ1v) is 12.9. The summed E-state index contributed by atoms with van der Waals surface area (Å²) in [5.74, 6) is 0.585. The zero-order valence-electron chi connectivity index (χ0n) is 22.8. The Morgan fingerprint density at radius 3 is 2.26 bits per heavy atom. The van der Waals surface area contributed by atoms with Crippen LogP contribution in [0.2, 0.25) is 0 Å². The van der Waals surface area contributed by atoms with Gasteiger partial charge in [0, 0.05) is 47.0 Å². The van der Waals surface area contributed by atoms with Crippen molar-refractivity contribution in [3.05, 3.63) is 113 Å². The van der Waals surface area contributed by atoms with Crippen molar-refractivity contribution in [3.63, 3.8) is 0 Å². The van der Waals surface area contributed by atoms with Gasteiger partial charge in [0.25, 0.3) is 5.56 Å². The van der Waals surface area contributed by atoms with Gasteiger partial charge in [-0.2, -0.15) is 0 Å². The summed E-state index contributed by atoms with van der Waals surface area (Å²) in [6, 6.07) is 18.7. The number of aromatic nitrogens is 3. The van der Waals surface area contributed by atoms with E-state index in [9.17, 15) is 9.18 Å². The van der Waals surface area contributed by atoms with Crippen LogP contribution in [0.3, 0.4) is 0 Å². The second-order valence-corrected chi connectivity index (χ2v) is 9.43. The third-order valence-corrected chi connectivity index (χ3v) is 6.82. The molecule has 6 rings (SSSR count). The Bertz CT molecular complexity index is 2030. The van der Waals surface area contributed by atoms with E-state index < -0.39 is 11.6 Å². The van der Waals surface area contributed by atoms with Gasteiger partial charge in [-0.3, -0.25) is 14.3 Å². The quantitative estimate of drug-likeness (QED) is 0.221. The number of benzene rings is 3. The minimum absolute atomic E-state index is 0.0111. The van der Waals surface area contributed by atoms with Crippen molar-refractivity contribution in [1.82, 2.24) is 14.5 Å². The molecule has 1 N–H and O–H groups in total. The van der Waals surface area contributed by atoms with Crippen LogP contribution in [0.15, 0.2) is 90.0 Å². The largest absolute Gasteiger partial charge is 0.493 e. The van der Waals surface area contributed by atoms with Gasteiger partial charge < -0.3 is 19.5 Å². The topological polar surface area (TPSA) is 87.5 Å². The predicted octanol–water partition coefficient (Wildman–Crippen LogP) is 7.07. The van der Waals surface area contributed by atoms with E-state index in [4.69, 9.17) is 14.2 Å². The average molecular weight is 567 g/mol. The molecule has 0 bridgehead atoms. The Hall–Kier alpha value is -5.51. The van der Waals surface area contributed by atoms with Crippen molar-refractivity contribution >= 4 is 33.2 Å². The van der Waals surface area contributed by atoms with Crippen LogP contribution in [0.25, 0.3) is 27.4 Å². The number of halogens is 2. The lowest BCUT2D eigenvalue weighted by Gasteiger charge is -2.15. The Morgan fingerprint density at radius 2 is 1.52 bits per heavy atom. The first-order chi connectivity index (χ1) is 20.4. The molecule has 0 aliphatic carbocycles. The zero-order chi connectivity index (χ0) is 29.4. The maximum absolute atomic E-state index is 15.3. The van der Waals surface area contributed by atoms with Crippen molar-refractivity contribution in [2.45, 2.75) is 6.92 Å². The van der Waals surface area contributed by atoms with E-state index in [-0.39, 0.29) is 17.1 Å². The SMILES string of the molecule is COc1cc2nccc(Oc3ccc(Nc4nccc5cc(C)n(-c6ccc(F)cc6)c(=O)c45)cc3F)c2cc1OC. The monoisotopic (exact) mass is 566 g/mol. The molecule has 6 aromatic rings. The number of fused-ring (bicyclic) bond motifs is 2. The highest BCUT2D eigenvalue weighted by Crippen LogP contribution is 2.38. The number of methoxy groups -OCH3 is 2. The molecular weight excluding hydrogens is 542 g/mol. The number of hydrogen-bond acceptors (Lipinski definition) is 7. The number of nitrogens with zero attached hydrogens (tertiary/aromatic N) is 3. The highest BCUT2D eigenvalue weighted by Gasteiger charge is 2.16. The van der Waals surface area contributed by atoms with Gasteiger partial charge in [-0.25, -0.2) is 13.8 Å². The smallest absolute Gasteiger partial charge is 0.266 e. The van der Waals surface area contributed by atoms with Crippen molar-refractivity contribution in [2.24, 2.45) is 0 Å². The zero-order valence-corrected chi connectivity index (χ0v) is 22.8. The van der Waals surface area contributed by atoms with Crippen LogP contribution in [-0.2, 0) is 0 Å². The molecule has 8 nitrogen and oxygen atoms in total.